The predicted octanol–water partition coefficient (Wildman–Crippen LogP) is 6.18. The lowest BCUT2D eigenvalue weighted by atomic mass is 10.0. The molecule has 0 saturated carbocycles. The molecule has 4 nitrogen and oxygen atoms in total. The zero-order chi connectivity index (χ0) is 19.6. The van der Waals surface area contributed by atoms with Crippen molar-refractivity contribution in [1.82, 2.24) is 4.90 Å². The first kappa shape index (κ1) is 24.9. The summed E-state index contributed by atoms with van der Waals surface area (Å²) in [5.41, 5.74) is 0. The molecule has 1 amide bonds. The molecule has 0 aromatic heterocycles. The topological polar surface area (TPSA) is 57.6 Å². The Morgan fingerprint density at radius 2 is 1.08 bits per heavy atom. The van der Waals surface area contributed by atoms with Gasteiger partial charge in [0.2, 0.25) is 5.91 Å². The number of rotatable bonds is 18. The highest BCUT2D eigenvalue weighted by molar-refractivity contribution is 5.83. The zero-order valence-electron chi connectivity index (χ0n) is 17.6. The number of likely N-dealkylation sites (N-methyl/N-ethyl adjacent to an activating group) is 1. The van der Waals surface area contributed by atoms with E-state index < -0.39 is 12.0 Å². The van der Waals surface area contributed by atoms with Crippen molar-refractivity contribution in [3.8, 4) is 0 Å². The van der Waals surface area contributed by atoms with Crippen molar-refractivity contribution in [2.45, 2.75) is 123 Å². The highest BCUT2D eigenvalue weighted by Gasteiger charge is 2.20. The molecule has 0 radical (unpaired) electrons. The maximum Gasteiger partial charge on any atom is 0.326 e. The zero-order valence-corrected chi connectivity index (χ0v) is 17.6. The number of carbonyl (C=O) groups is 2. The fraction of sp³-hybridized carbons (Fsp3) is 0.909. The Morgan fingerprint density at radius 1 is 0.731 bits per heavy atom. The third-order valence-electron chi connectivity index (χ3n) is 5.33. The number of amides is 1. The Kier molecular flexibility index (Phi) is 16.7. The van der Waals surface area contributed by atoms with E-state index in [-0.39, 0.29) is 5.91 Å². The second-order valence-corrected chi connectivity index (χ2v) is 7.72. The highest BCUT2D eigenvalue weighted by atomic mass is 16.4. The smallest absolute Gasteiger partial charge is 0.326 e. The maximum atomic E-state index is 11.9. The molecule has 0 saturated heterocycles. The SMILES string of the molecule is CCCCCCCCCCCCCCCCCC(=O)N(C)[C@@H](C)C(=O)O. The molecule has 0 fully saturated rings. The van der Waals surface area contributed by atoms with Crippen molar-refractivity contribution in [3.63, 3.8) is 0 Å². The van der Waals surface area contributed by atoms with Crippen molar-refractivity contribution in [3.05, 3.63) is 0 Å². The van der Waals surface area contributed by atoms with Gasteiger partial charge in [-0.05, 0) is 13.3 Å². The van der Waals surface area contributed by atoms with Gasteiger partial charge in [0.1, 0.15) is 6.04 Å². The molecule has 0 bridgehead atoms. The summed E-state index contributed by atoms with van der Waals surface area (Å²) in [5, 5.41) is 8.91. The molecule has 0 aromatic rings. The van der Waals surface area contributed by atoms with Crippen LogP contribution in [0.3, 0.4) is 0 Å². The molecule has 0 aromatic carbocycles. The van der Waals surface area contributed by atoms with Crippen LogP contribution in [0.2, 0.25) is 0 Å². The van der Waals surface area contributed by atoms with Crippen molar-refractivity contribution >= 4 is 11.9 Å². The van der Waals surface area contributed by atoms with Gasteiger partial charge in [0.25, 0.3) is 0 Å². The van der Waals surface area contributed by atoms with Gasteiger partial charge >= 0.3 is 5.97 Å². The van der Waals surface area contributed by atoms with E-state index in [1.807, 2.05) is 0 Å². The average Bonchev–Trinajstić information content (AvgIpc) is 2.63. The van der Waals surface area contributed by atoms with Crippen LogP contribution in [0.1, 0.15) is 117 Å². The number of carboxylic acids is 1. The Morgan fingerprint density at radius 3 is 1.42 bits per heavy atom. The Bertz CT molecular complexity index is 357. The van der Waals surface area contributed by atoms with Crippen LogP contribution in [0.25, 0.3) is 0 Å². The minimum Gasteiger partial charge on any atom is -0.480 e. The van der Waals surface area contributed by atoms with Crippen LogP contribution in [0.5, 0.6) is 0 Å². The van der Waals surface area contributed by atoms with Crippen LogP contribution >= 0.6 is 0 Å². The molecule has 154 valence electrons. The normalized spacial score (nSPS) is 12.1. The molecule has 0 aliphatic heterocycles. The van der Waals surface area contributed by atoms with E-state index in [0.717, 1.165) is 12.8 Å². The number of carbonyl (C=O) groups excluding carboxylic acids is 1. The lowest BCUT2D eigenvalue weighted by Crippen LogP contribution is -2.40. The third-order valence-corrected chi connectivity index (χ3v) is 5.33. The fourth-order valence-electron chi connectivity index (χ4n) is 3.21. The Balaban J connectivity index is 3.31. The lowest BCUT2D eigenvalue weighted by molar-refractivity contribution is -0.148. The van der Waals surface area contributed by atoms with E-state index in [2.05, 4.69) is 6.92 Å². The molecule has 0 spiro atoms. The molecule has 0 aliphatic rings. The summed E-state index contributed by atoms with van der Waals surface area (Å²) in [6, 6.07) is -0.737. The Labute approximate surface area is 161 Å². The standard InChI is InChI=1S/C22H43NO3/c1-4-5-6-7-8-9-10-11-12-13-14-15-16-17-18-19-21(24)23(3)20(2)22(25)26/h20H,4-19H2,1-3H3,(H,25,26)/t20-/m0/s1. The van der Waals surface area contributed by atoms with Crippen LogP contribution in [-0.4, -0.2) is 35.0 Å². The van der Waals surface area contributed by atoms with Crippen LogP contribution in [0.4, 0.5) is 0 Å². The quantitative estimate of drug-likeness (QED) is 0.293. The molecule has 0 aliphatic carbocycles. The van der Waals surface area contributed by atoms with Gasteiger partial charge < -0.3 is 10.0 Å². The van der Waals surface area contributed by atoms with Gasteiger partial charge in [0, 0.05) is 13.5 Å². The number of unbranched alkanes of at least 4 members (excludes halogenated alkanes) is 14. The van der Waals surface area contributed by atoms with Gasteiger partial charge in [-0.15, -0.1) is 0 Å². The molecule has 1 N–H and O–H groups in total. The highest BCUT2D eigenvalue weighted by Crippen LogP contribution is 2.14. The van der Waals surface area contributed by atoms with Crippen LogP contribution in [0, 0.1) is 0 Å². The van der Waals surface area contributed by atoms with Gasteiger partial charge in [0.05, 0.1) is 0 Å². The van der Waals surface area contributed by atoms with E-state index in [4.69, 9.17) is 5.11 Å². The monoisotopic (exact) mass is 369 g/mol. The van der Waals surface area contributed by atoms with Crippen LogP contribution in [0.15, 0.2) is 0 Å². The summed E-state index contributed by atoms with van der Waals surface area (Å²) in [6.07, 6.45) is 20.0. The maximum absolute atomic E-state index is 11.9. The summed E-state index contributed by atoms with van der Waals surface area (Å²) in [7, 11) is 1.58. The van der Waals surface area contributed by atoms with E-state index >= 15 is 0 Å². The average molecular weight is 370 g/mol. The van der Waals surface area contributed by atoms with Crippen LogP contribution in [-0.2, 0) is 9.59 Å². The minimum atomic E-state index is -0.947. The van der Waals surface area contributed by atoms with Crippen molar-refractivity contribution in [1.29, 1.82) is 0 Å². The second-order valence-electron chi connectivity index (χ2n) is 7.72. The fourth-order valence-corrected chi connectivity index (χ4v) is 3.21. The third kappa shape index (κ3) is 14.1. The Hall–Kier alpha value is -1.06. The molecule has 0 rings (SSSR count). The van der Waals surface area contributed by atoms with Gasteiger partial charge in [-0.1, -0.05) is 96.8 Å². The molecular formula is C22H43NO3. The number of aliphatic carboxylic acids is 1. The van der Waals surface area contributed by atoms with Gasteiger partial charge in [0.15, 0.2) is 0 Å². The first-order valence-electron chi connectivity index (χ1n) is 11.0. The van der Waals surface area contributed by atoms with Gasteiger partial charge in [-0.25, -0.2) is 4.79 Å². The molecule has 1 atom stereocenters. The predicted molar refractivity (Wildman–Crippen MR) is 109 cm³/mol. The molecule has 26 heavy (non-hydrogen) atoms. The first-order chi connectivity index (χ1) is 12.5. The molecular weight excluding hydrogens is 326 g/mol. The first-order valence-corrected chi connectivity index (χ1v) is 11.0. The molecule has 4 heteroatoms. The van der Waals surface area contributed by atoms with Gasteiger partial charge in [-0.3, -0.25) is 4.79 Å². The summed E-state index contributed by atoms with van der Waals surface area (Å²) in [4.78, 5) is 24.1. The van der Waals surface area contributed by atoms with Crippen molar-refractivity contribution in [2.75, 3.05) is 7.05 Å². The second kappa shape index (κ2) is 17.4. The van der Waals surface area contributed by atoms with Crippen LogP contribution < -0.4 is 0 Å². The van der Waals surface area contributed by atoms with E-state index in [1.165, 1.54) is 88.4 Å². The number of carboxylic acid groups (broad SMARTS) is 1. The lowest BCUT2D eigenvalue weighted by Gasteiger charge is -2.21. The number of nitrogens with zero attached hydrogens (tertiary/aromatic N) is 1. The van der Waals surface area contributed by atoms with E-state index in [9.17, 15) is 9.59 Å². The minimum absolute atomic E-state index is 0.0606. The molecule has 0 unspecified atom stereocenters. The number of hydrogen-bond donors (Lipinski definition) is 1. The van der Waals surface area contributed by atoms with E-state index in [1.54, 1.807) is 14.0 Å². The summed E-state index contributed by atoms with van der Waals surface area (Å²) >= 11 is 0. The van der Waals surface area contributed by atoms with Crippen molar-refractivity contribution < 1.29 is 14.7 Å². The summed E-state index contributed by atoms with van der Waals surface area (Å²) in [5.74, 6) is -1.01. The van der Waals surface area contributed by atoms with Gasteiger partial charge in [-0.2, -0.15) is 0 Å². The largest absolute Gasteiger partial charge is 0.480 e. The summed E-state index contributed by atoms with van der Waals surface area (Å²) in [6.45, 7) is 3.81. The van der Waals surface area contributed by atoms with Crippen molar-refractivity contribution in [2.24, 2.45) is 0 Å². The summed E-state index contributed by atoms with van der Waals surface area (Å²) < 4.78 is 0. The molecule has 0 heterocycles. The number of hydrogen-bond acceptors (Lipinski definition) is 2. The van der Waals surface area contributed by atoms with E-state index in [0.29, 0.717) is 6.42 Å².